The van der Waals surface area contributed by atoms with Crippen LogP contribution in [0.25, 0.3) is 0 Å². The average Bonchev–Trinajstić information content (AvgIpc) is 3.13. The summed E-state index contributed by atoms with van der Waals surface area (Å²) < 4.78 is 10.6. The zero-order valence-corrected chi connectivity index (χ0v) is 13.2. The lowest BCUT2D eigenvalue weighted by Crippen LogP contribution is -2.43. The third-order valence-electron chi connectivity index (χ3n) is 4.46. The molecule has 2 aliphatic rings. The van der Waals surface area contributed by atoms with E-state index in [9.17, 15) is 4.79 Å². The van der Waals surface area contributed by atoms with E-state index in [0.29, 0.717) is 12.5 Å². The second-order valence-corrected chi connectivity index (χ2v) is 7.07. The minimum atomic E-state index is -0.0470. The molecule has 21 heavy (non-hydrogen) atoms. The maximum atomic E-state index is 11.6. The molecule has 1 aromatic heterocycles. The maximum absolute atomic E-state index is 11.6. The summed E-state index contributed by atoms with van der Waals surface area (Å²) >= 11 is 1.80. The molecule has 116 valence electrons. The van der Waals surface area contributed by atoms with E-state index in [1.54, 1.807) is 11.3 Å². The summed E-state index contributed by atoms with van der Waals surface area (Å²) in [7, 11) is 1.54. The van der Waals surface area contributed by atoms with Crippen LogP contribution in [0.15, 0.2) is 17.5 Å². The molecule has 6 heteroatoms. The van der Waals surface area contributed by atoms with Crippen LogP contribution in [0.3, 0.4) is 0 Å². The van der Waals surface area contributed by atoms with Crippen molar-refractivity contribution in [2.75, 3.05) is 46.6 Å². The molecular formula is C15H22N2O3S. The number of hydrogen-bond acceptors (Lipinski definition) is 5. The van der Waals surface area contributed by atoms with E-state index in [-0.39, 0.29) is 17.9 Å². The molecule has 2 fully saturated rings. The van der Waals surface area contributed by atoms with Gasteiger partial charge in [0.2, 0.25) is 5.91 Å². The van der Waals surface area contributed by atoms with Crippen LogP contribution in [0, 0.1) is 11.3 Å². The van der Waals surface area contributed by atoms with E-state index < -0.39 is 0 Å². The van der Waals surface area contributed by atoms with Crippen LogP contribution < -0.4 is 5.32 Å². The molecule has 3 rings (SSSR count). The number of fused-ring (bicyclic) bond motifs is 1. The van der Waals surface area contributed by atoms with E-state index in [1.807, 2.05) is 0 Å². The van der Waals surface area contributed by atoms with Crippen molar-refractivity contribution in [3.05, 3.63) is 22.4 Å². The highest BCUT2D eigenvalue weighted by molar-refractivity contribution is 7.09. The van der Waals surface area contributed by atoms with Crippen molar-refractivity contribution >= 4 is 17.2 Å². The molecule has 0 bridgehead atoms. The number of rotatable bonds is 6. The summed E-state index contributed by atoms with van der Waals surface area (Å²) in [5.74, 6) is 0.467. The minimum absolute atomic E-state index is 0.0470. The van der Waals surface area contributed by atoms with Crippen LogP contribution in [0.4, 0.5) is 0 Å². The van der Waals surface area contributed by atoms with Gasteiger partial charge in [0.15, 0.2) is 0 Å². The Balaban J connectivity index is 1.59. The van der Waals surface area contributed by atoms with Crippen molar-refractivity contribution in [2.45, 2.75) is 6.54 Å². The van der Waals surface area contributed by atoms with Crippen molar-refractivity contribution < 1.29 is 14.3 Å². The van der Waals surface area contributed by atoms with Crippen LogP contribution in [-0.4, -0.2) is 57.4 Å². The fourth-order valence-electron chi connectivity index (χ4n) is 3.39. The Bertz CT molecular complexity index is 479. The number of likely N-dealkylation sites (tertiary alicyclic amines) is 1. The number of ether oxygens (including phenoxy) is 2. The molecule has 1 N–H and O–H groups in total. The van der Waals surface area contributed by atoms with Crippen molar-refractivity contribution in [3.8, 4) is 0 Å². The van der Waals surface area contributed by atoms with Gasteiger partial charge in [-0.3, -0.25) is 9.69 Å². The normalized spacial score (nSPS) is 28.7. The molecule has 0 saturated carbocycles. The van der Waals surface area contributed by atoms with Gasteiger partial charge < -0.3 is 14.8 Å². The zero-order chi connectivity index (χ0) is 14.7. The SMILES string of the molecule is COCC(=O)NC[C@@]12COC[C@@H]1CN(Cc1cccs1)C2. The van der Waals surface area contributed by atoms with Gasteiger partial charge in [0.05, 0.1) is 13.2 Å². The zero-order valence-electron chi connectivity index (χ0n) is 12.3. The van der Waals surface area contributed by atoms with Gasteiger partial charge in [-0.2, -0.15) is 0 Å². The van der Waals surface area contributed by atoms with Gasteiger partial charge in [-0.05, 0) is 11.4 Å². The van der Waals surface area contributed by atoms with Crippen LogP contribution >= 0.6 is 11.3 Å². The number of amides is 1. The first kappa shape index (κ1) is 15.0. The molecular weight excluding hydrogens is 288 g/mol. The Morgan fingerprint density at radius 3 is 3.33 bits per heavy atom. The highest BCUT2D eigenvalue weighted by Gasteiger charge is 2.50. The maximum Gasteiger partial charge on any atom is 0.246 e. The van der Waals surface area contributed by atoms with Crippen LogP contribution in [0.5, 0.6) is 0 Å². The molecule has 0 spiro atoms. The smallest absolute Gasteiger partial charge is 0.246 e. The molecule has 3 heterocycles. The van der Waals surface area contributed by atoms with E-state index >= 15 is 0 Å². The standard InChI is InChI=1S/C15H22N2O3S/c1-19-8-14(18)16-9-15-10-17(5-12(15)7-20-11-15)6-13-3-2-4-21-13/h2-4,12H,5-11H2,1H3,(H,16,18)/t12-,15+/m0/s1. The third kappa shape index (κ3) is 3.29. The Labute approximate surface area is 129 Å². The first-order valence-corrected chi connectivity index (χ1v) is 8.18. The summed E-state index contributed by atoms with van der Waals surface area (Å²) in [6, 6.07) is 4.28. The van der Waals surface area contributed by atoms with Gasteiger partial charge in [-0.1, -0.05) is 6.07 Å². The van der Waals surface area contributed by atoms with Gasteiger partial charge in [-0.25, -0.2) is 0 Å². The van der Waals surface area contributed by atoms with E-state index in [1.165, 1.54) is 12.0 Å². The molecule has 2 aliphatic heterocycles. The lowest BCUT2D eigenvalue weighted by molar-refractivity contribution is -0.125. The van der Waals surface area contributed by atoms with Gasteiger partial charge in [0.1, 0.15) is 6.61 Å². The number of nitrogens with zero attached hydrogens (tertiary/aromatic N) is 1. The van der Waals surface area contributed by atoms with Crippen molar-refractivity contribution in [3.63, 3.8) is 0 Å². The van der Waals surface area contributed by atoms with E-state index in [4.69, 9.17) is 9.47 Å². The fourth-order valence-corrected chi connectivity index (χ4v) is 4.14. The molecule has 0 aliphatic carbocycles. The number of nitrogens with one attached hydrogen (secondary N) is 1. The molecule has 0 unspecified atom stereocenters. The number of thiophene rings is 1. The van der Waals surface area contributed by atoms with Crippen molar-refractivity contribution in [1.82, 2.24) is 10.2 Å². The topological polar surface area (TPSA) is 50.8 Å². The van der Waals surface area contributed by atoms with Gasteiger partial charge in [0.25, 0.3) is 0 Å². The van der Waals surface area contributed by atoms with E-state index in [0.717, 1.165) is 32.8 Å². The number of carbonyl (C=O) groups excluding carboxylic acids is 1. The largest absolute Gasteiger partial charge is 0.380 e. The minimum Gasteiger partial charge on any atom is -0.380 e. The van der Waals surface area contributed by atoms with Crippen LogP contribution in [-0.2, 0) is 20.8 Å². The molecule has 2 atom stereocenters. The fraction of sp³-hybridized carbons (Fsp3) is 0.667. The first-order chi connectivity index (χ1) is 10.2. The van der Waals surface area contributed by atoms with Crippen LogP contribution in [0.2, 0.25) is 0 Å². The van der Waals surface area contributed by atoms with Gasteiger partial charge >= 0.3 is 0 Å². The molecule has 0 radical (unpaired) electrons. The molecule has 5 nitrogen and oxygen atoms in total. The molecule has 1 aromatic rings. The summed E-state index contributed by atoms with van der Waals surface area (Å²) in [6.07, 6.45) is 0. The predicted octanol–water partition coefficient (Wildman–Crippen LogP) is 0.959. The Kier molecular flexibility index (Phi) is 4.59. The second kappa shape index (κ2) is 6.44. The quantitative estimate of drug-likeness (QED) is 0.850. The monoisotopic (exact) mass is 310 g/mol. The summed E-state index contributed by atoms with van der Waals surface area (Å²) in [5, 5.41) is 5.12. The number of methoxy groups -OCH3 is 1. The third-order valence-corrected chi connectivity index (χ3v) is 5.33. The van der Waals surface area contributed by atoms with Crippen molar-refractivity contribution in [2.24, 2.45) is 11.3 Å². The number of carbonyl (C=O) groups is 1. The predicted molar refractivity (Wildman–Crippen MR) is 81.2 cm³/mol. The lowest BCUT2D eigenvalue weighted by atomic mass is 9.81. The van der Waals surface area contributed by atoms with Crippen LogP contribution in [0.1, 0.15) is 4.88 Å². The molecule has 2 saturated heterocycles. The average molecular weight is 310 g/mol. The highest BCUT2D eigenvalue weighted by Crippen LogP contribution is 2.41. The summed E-state index contributed by atoms with van der Waals surface area (Å²) in [5.41, 5.74) is 0.0701. The second-order valence-electron chi connectivity index (χ2n) is 6.03. The molecule has 1 amide bonds. The highest BCUT2D eigenvalue weighted by atomic mass is 32.1. The van der Waals surface area contributed by atoms with Gasteiger partial charge in [-0.15, -0.1) is 11.3 Å². The summed E-state index contributed by atoms with van der Waals surface area (Å²) in [4.78, 5) is 15.5. The van der Waals surface area contributed by atoms with Gasteiger partial charge in [0, 0.05) is 49.5 Å². The lowest BCUT2D eigenvalue weighted by Gasteiger charge is -2.27. The Morgan fingerprint density at radius 1 is 1.67 bits per heavy atom. The molecule has 0 aromatic carbocycles. The number of hydrogen-bond donors (Lipinski definition) is 1. The Hall–Kier alpha value is -0.950. The Morgan fingerprint density at radius 2 is 2.57 bits per heavy atom. The van der Waals surface area contributed by atoms with Crippen molar-refractivity contribution in [1.29, 1.82) is 0 Å². The van der Waals surface area contributed by atoms with E-state index in [2.05, 4.69) is 27.7 Å². The first-order valence-electron chi connectivity index (χ1n) is 7.30. The summed E-state index contributed by atoms with van der Waals surface area (Å²) in [6.45, 7) is 5.40.